The molecule has 5 nitrogen and oxygen atoms in total. The highest BCUT2D eigenvalue weighted by Crippen LogP contribution is 2.51. The molecule has 0 saturated carbocycles. The summed E-state index contributed by atoms with van der Waals surface area (Å²) in [5, 5.41) is 13.9. The highest BCUT2D eigenvalue weighted by atomic mass is 31.2. The lowest BCUT2D eigenvalue weighted by Gasteiger charge is -2.10. The maximum atomic E-state index is 12.6. The predicted octanol–water partition coefficient (Wildman–Crippen LogP) is 1.73. The molecule has 1 aliphatic rings. The van der Waals surface area contributed by atoms with Gasteiger partial charge in [0, 0.05) is 22.5 Å². The first kappa shape index (κ1) is 11.2. The maximum Gasteiger partial charge on any atom is 0.118 e. The molecule has 1 fully saturated rings. The summed E-state index contributed by atoms with van der Waals surface area (Å²) in [5.74, 6) is 0. The lowest BCUT2D eigenvalue weighted by Crippen LogP contribution is -2.20. The molecular weight excluding hydrogens is 225 g/mol. The van der Waals surface area contributed by atoms with Crippen LogP contribution >= 0.6 is 7.14 Å². The Balaban J connectivity index is 2.30. The molecule has 0 spiro atoms. The Labute approximate surface area is 93.1 Å². The average molecular weight is 237 g/mol. The predicted molar refractivity (Wildman–Crippen MR) is 62.4 cm³/mol. The van der Waals surface area contributed by atoms with Crippen molar-refractivity contribution in [3.63, 3.8) is 0 Å². The normalized spacial score (nSPS) is 33.3. The maximum absolute atomic E-state index is 12.6. The number of nitrogens with zero attached hydrogens (tertiary/aromatic N) is 3. The van der Waals surface area contributed by atoms with Crippen LogP contribution in [0.2, 0.25) is 0 Å². The molecule has 1 aromatic carbocycles. The van der Waals surface area contributed by atoms with Crippen molar-refractivity contribution in [3.8, 4) is 0 Å². The molecular formula is C10H12N3O2P. The number of hydrogen-bond donors (Lipinski definition) is 1. The smallest absolute Gasteiger partial charge is 0.118 e. The van der Waals surface area contributed by atoms with Gasteiger partial charge in [0.2, 0.25) is 0 Å². The van der Waals surface area contributed by atoms with Crippen molar-refractivity contribution in [1.29, 1.82) is 0 Å². The Morgan fingerprint density at radius 1 is 1.38 bits per heavy atom. The number of rotatable bonds is 2. The topological polar surface area (TPSA) is 86.1 Å². The molecule has 6 heteroatoms. The molecule has 0 amide bonds. The average Bonchev–Trinajstić information content (AvgIpc) is 2.57. The minimum atomic E-state index is -2.58. The number of benzene rings is 1. The zero-order chi connectivity index (χ0) is 11.6. The van der Waals surface area contributed by atoms with Gasteiger partial charge in [0.05, 0.1) is 12.1 Å². The molecule has 0 aliphatic carbocycles. The Morgan fingerprint density at radius 3 is 2.69 bits per heavy atom. The highest BCUT2D eigenvalue weighted by Gasteiger charge is 2.41. The van der Waals surface area contributed by atoms with Crippen LogP contribution in [0.3, 0.4) is 0 Å². The summed E-state index contributed by atoms with van der Waals surface area (Å²) < 4.78 is 12.6. The van der Waals surface area contributed by atoms with Crippen LogP contribution < -0.4 is 5.30 Å². The van der Waals surface area contributed by atoms with Crippen LogP contribution in [-0.4, -0.2) is 29.6 Å². The first-order chi connectivity index (χ1) is 7.65. The van der Waals surface area contributed by atoms with Crippen LogP contribution in [0.15, 0.2) is 35.4 Å². The molecule has 1 saturated heterocycles. The fourth-order valence-electron chi connectivity index (χ4n) is 2.01. The summed E-state index contributed by atoms with van der Waals surface area (Å²) in [6.45, 7) is 0. The number of aliphatic hydroxyl groups is 1. The van der Waals surface area contributed by atoms with Gasteiger partial charge >= 0.3 is 0 Å². The highest BCUT2D eigenvalue weighted by molar-refractivity contribution is 7.72. The Hall–Kier alpha value is -1.28. The second kappa shape index (κ2) is 4.30. The van der Waals surface area contributed by atoms with Crippen molar-refractivity contribution in [2.75, 3.05) is 12.3 Å². The van der Waals surface area contributed by atoms with Crippen molar-refractivity contribution < 1.29 is 9.67 Å². The summed E-state index contributed by atoms with van der Waals surface area (Å²) in [5.41, 5.74) is 8.34. The third-order valence-corrected chi connectivity index (χ3v) is 6.00. The van der Waals surface area contributed by atoms with E-state index in [0.29, 0.717) is 0 Å². The molecule has 84 valence electrons. The van der Waals surface area contributed by atoms with Crippen LogP contribution in [0.25, 0.3) is 10.4 Å². The van der Waals surface area contributed by atoms with Gasteiger partial charge in [-0.2, -0.15) is 0 Å². The van der Waals surface area contributed by atoms with Crippen molar-refractivity contribution in [1.82, 2.24) is 0 Å². The lowest BCUT2D eigenvalue weighted by atomic mass is 10.2. The van der Waals surface area contributed by atoms with E-state index in [1.165, 1.54) is 0 Å². The standard InChI is InChI=1S/C10H12N3O2P/c11-13-12-9-6-16(15,7-10(9)14)8-4-2-1-3-5-8/h1-5,9-10,14H,6-7H2/t9-,10-,16+/m0/s1. The van der Waals surface area contributed by atoms with Crippen LogP contribution in [0.4, 0.5) is 0 Å². The first-order valence-corrected chi connectivity index (χ1v) is 7.09. The Bertz CT molecular complexity index is 470. The minimum Gasteiger partial charge on any atom is -0.392 e. The van der Waals surface area contributed by atoms with E-state index in [0.717, 1.165) is 5.30 Å². The number of hydrogen-bond acceptors (Lipinski definition) is 3. The molecule has 0 aromatic heterocycles. The van der Waals surface area contributed by atoms with Gasteiger partial charge < -0.3 is 9.67 Å². The van der Waals surface area contributed by atoms with Crippen molar-refractivity contribution in [2.24, 2.45) is 5.11 Å². The largest absolute Gasteiger partial charge is 0.392 e. The monoisotopic (exact) mass is 237 g/mol. The summed E-state index contributed by atoms with van der Waals surface area (Å²) in [4.78, 5) is 2.67. The Morgan fingerprint density at radius 2 is 2.06 bits per heavy atom. The second-order valence-corrected chi connectivity index (χ2v) is 6.95. The fraction of sp³-hybridized carbons (Fsp3) is 0.400. The summed E-state index contributed by atoms with van der Waals surface area (Å²) in [6, 6.07) is 8.53. The zero-order valence-electron chi connectivity index (χ0n) is 8.60. The molecule has 2 rings (SSSR count). The molecule has 1 aromatic rings. The molecule has 1 N–H and O–H groups in total. The van der Waals surface area contributed by atoms with Gasteiger partial charge in [0.1, 0.15) is 7.14 Å². The molecule has 0 radical (unpaired) electrons. The van der Waals surface area contributed by atoms with Crippen molar-refractivity contribution in [3.05, 3.63) is 40.8 Å². The van der Waals surface area contributed by atoms with Gasteiger partial charge in [-0.25, -0.2) is 0 Å². The third kappa shape index (κ3) is 1.98. The van der Waals surface area contributed by atoms with E-state index in [-0.39, 0.29) is 12.3 Å². The van der Waals surface area contributed by atoms with E-state index in [4.69, 9.17) is 5.53 Å². The molecule has 1 aliphatic heterocycles. The van der Waals surface area contributed by atoms with E-state index in [1.54, 1.807) is 12.1 Å². The molecule has 3 atom stereocenters. The van der Waals surface area contributed by atoms with Crippen molar-refractivity contribution in [2.45, 2.75) is 12.1 Å². The molecule has 0 bridgehead atoms. The molecule has 1 heterocycles. The SMILES string of the molecule is [N-]=[N+]=N[C@H]1C[P@](=O)(c2ccccc2)C[C@@H]1O. The first-order valence-electron chi connectivity index (χ1n) is 5.02. The van der Waals surface area contributed by atoms with Crippen LogP contribution in [0.5, 0.6) is 0 Å². The summed E-state index contributed by atoms with van der Waals surface area (Å²) >= 11 is 0. The van der Waals surface area contributed by atoms with Gasteiger partial charge in [-0.05, 0) is 5.53 Å². The van der Waals surface area contributed by atoms with Crippen LogP contribution in [-0.2, 0) is 4.57 Å². The third-order valence-electron chi connectivity index (χ3n) is 2.83. The fourth-order valence-corrected chi connectivity index (χ4v) is 5.07. The molecule has 16 heavy (non-hydrogen) atoms. The quantitative estimate of drug-likeness (QED) is 0.367. The number of azide groups is 1. The van der Waals surface area contributed by atoms with Gasteiger partial charge in [0.15, 0.2) is 0 Å². The van der Waals surface area contributed by atoms with Crippen LogP contribution in [0, 0.1) is 0 Å². The van der Waals surface area contributed by atoms with Gasteiger partial charge in [-0.15, -0.1) is 0 Å². The van der Waals surface area contributed by atoms with Gasteiger partial charge in [0.25, 0.3) is 0 Å². The van der Waals surface area contributed by atoms with Crippen LogP contribution in [0.1, 0.15) is 0 Å². The van der Waals surface area contributed by atoms with Crippen molar-refractivity contribution >= 4 is 12.4 Å². The molecule has 0 unspecified atom stereocenters. The van der Waals surface area contributed by atoms with E-state index >= 15 is 0 Å². The van der Waals surface area contributed by atoms with Gasteiger partial charge in [-0.1, -0.05) is 35.4 Å². The second-order valence-electron chi connectivity index (χ2n) is 3.93. The summed E-state index contributed by atoms with van der Waals surface area (Å²) in [7, 11) is -2.58. The van der Waals surface area contributed by atoms with E-state index in [2.05, 4.69) is 10.0 Å². The minimum absolute atomic E-state index is 0.209. The Kier molecular flexibility index (Phi) is 3.01. The number of aliphatic hydroxyl groups excluding tert-OH is 1. The van der Waals surface area contributed by atoms with E-state index in [9.17, 15) is 9.67 Å². The lowest BCUT2D eigenvalue weighted by molar-refractivity contribution is 0.183. The van der Waals surface area contributed by atoms with E-state index in [1.807, 2.05) is 18.2 Å². The zero-order valence-corrected chi connectivity index (χ0v) is 9.49. The van der Waals surface area contributed by atoms with E-state index < -0.39 is 19.3 Å². The summed E-state index contributed by atoms with van der Waals surface area (Å²) in [6.07, 6.45) is -0.315. The van der Waals surface area contributed by atoms with Gasteiger partial charge in [-0.3, -0.25) is 0 Å².